The van der Waals surface area contributed by atoms with E-state index in [0.29, 0.717) is 30.3 Å². The predicted octanol–water partition coefficient (Wildman–Crippen LogP) is 3.13. The van der Waals surface area contributed by atoms with Crippen LogP contribution < -0.4 is 0 Å². The van der Waals surface area contributed by atoms with Crippen molar-refractivity contribution in [2.45, 2.75) is 33.6 Å². The predicted molar refractivity (Wildman–Crippen MR) is 87.9 cm³/mol. The summed E-state index contributed by atoms with van der Waals surface area (Å²) in [6.07, 6.45) is 3.54. The van der Waals surface area contributed by atoms with E-state index in [9.17, 15) is 9.59 Å². The largest absolute Gasteiger partial charge is 0.462 e. The first kappa shape index (κ1) is 17.1. The van der Waals surface area contributed by atoms with Gasteiger partial charge in [-0.2, -0.15) is 0 Å². The molecule has 0 fully saturated rings. The first-order chi connectivity index (χ1) is 9.56. The van der Waals surface area contributed by atoms with Crippen molar-refractivity contribution in [1.29, 1.82) is 0 Å². The van der Waals surface area contributed by atoms with Gasteiger partial charge in [-0.1, -0.05) is 34.6 Å². The average molecular weight is 392 g/mol. The Bertz CT molecular complexity index is 447. The number of ether oxygens (including phenoxy) is 2. The standard InChI is InChI=1S/C15H21IO4/c1-4-19-14(17)12-7-8-16-10-13(12)15(18)20-9-5-6-11(2)3/h7-8,10-11H,4-6,9H2,1-3H3. The number of esters is 2. The normalized spacial score (nSPS) is 14.2. The van der Waals surface area contributed by atoms with Crippen molar-refractivity contribution >= 4 is 36.7 Å². The van der Waals surface area contributed by atoms with E-state index < -0.39 is 11.9 Å². The highest BCUT2D eigenvalue weighted by atomic mass is 127. The highest BCUT2D eigenvalue weighted by molar-refractivity contribution is 14.2. The molecule has 0 saturated heterocycles. The second-order valence-electron chi connectivity index (χ2n) is 4.75. The van der Waals surface area contributed by atoms with E-state index in [4.69, 9.17) is 9.47 Å². The Hall–Kier alpha value is -0.980. The molecular formula is C15H21IO4. The van der Waals surface area contributed by atoms with Gasteiger partial charge in [0, 0.05) is 0 Å². The quantitative estimate of drug-likeness (QED) is 0.380. The molecule has 1 rings (SSSR count). The van der Waals surface area contributed by atoms with Crippen molar-refractivity contribution in [3.63, 3.8) is 0 Å². The zero-order valence-corrected chi connectivity index (χ0v) is 14.3. The van der Waals surface area contributed by atoms with E-state index in [1.165, 1.54) is 0 Å². The molecule has 0 aromatic heterocycles. The van der Waals surface area contributed by atoms with Crippen molar-refractivity contribution in [3.05, 3.63) is 21.3 Å². The Morgan fingerprint density at radius 1 is 1.20 bits per heavy atom. The van der Waals surface area contributed by atoms with Gasteiger partial charge >= 0.3 is 11.9 Å². The van der Waals surface area contributed by atoms with Crippen molar-refractivity contribution in [2.75, 3.05) is 13.2 Å². The molecule has 0 atom stereocenters. The molecule has 0 bridgehead atoms. The van der Waals surface area contributed by atoms with E-state index in [1.54, 1.807) is 13.0 Å². The van der Waals surface area contributed by atoms with Crippen LogP contribution in [0.3, 0.4) is 0 Å². The SMILES string of the molecule is CCOC(=O)C1=C(C(=O)OCCCC(C)C)C=IC=C1. The van der Waals surface area contributed by atoms with Crippen LogP contribution in [-0.2, 0) is 19.1 Å². The van der Waals surface area contributed by atoms with Crippen LogP contribution in [0.1, 0.15) is 33.6 Å². The van der Waals surface area contributed by atoms with E-state index >= 15 is 0 Å². The van der Waals surface area contributed by atoms with Crippen molar-refractivity contribution in [2.24, 2.45) is 5.92 Å². The molecule has 1 aliphatic heterocycles. The molecule has 20 heavy (non-hydrogen) atoms. The summed E-state index contributed by atoms with van der Waals surface area (Å²) in [5, 5.41) is 0. The van der Waals surface area contributed by atoms with Gasteiger partial charge in [0.15, 0.2) is 0 Å². The average Bonchev–Trinajstić information content (AvgIpc) is 2.43. The second kappa shape index (κ2) is 9.05. The van der Waals surface area contributed by atoms with Crippen molar-refractivity contribution in [1.82, 2.24) is 0 Å². The van der Waals surface area contributed by atoms with Crippen LogP contribution in [0.5, 0.6) is 0 Å². The minimum Gasteiger partial charge on any atom is -0.462 e. The number of rotatable bonds is 7. The third kappa shape index (κ3) is 5.56. The molecule has 0 spiro atoms. The topological polar surface area (TPSA) is 52.6 Å². The van der Waals surface area contributed by atoms with Crippen LogP contribution in [0.15, 0.2) is 21.3 Å². The molecule has 5 heteroatoms. The maximum atomic E-state index is 12.0. The van der Waals surface area contributed by atoms with Crippen LogP contribution >= 0.6 is 20.7 Å². The van der Waals surface area contributed by atoms with Crippen LogP contribution in [0.4, 0.5) is 0 Å². The maximum Gasteiger partial charge on any atom is 0.339 e. The van der Waals surface area contributed by atoms with Gasteiger partial charge in [-0.05, 0) is 39.9 Å². The fourth-order valence-corrected chi connectivity index (χ4v) is 3.35. The molecule has 0 N–H and O–H groups in total. The Morgan fingerprint density at radius 2 is 1.90 bits per heavy atom. The number of halogens is 1. The third-order valence-electron chi connectivity index (χ3n) is 2.64. The molecule has 0 unspecified atom stereocenters. The van der Waals surface area contributed by atoms with Crippen LogP contribution in [-0.4, -0.2) is 29.2 Å². The van der Waals surface area contributed by atoms with Gasteiger partial charge in [0.05, 0.1) is 24.4 Å². The minimum atomic E-state index is -0.460. The van der Waals surface area contributed by atoms with E-state index in [-0.39, 0.29) is 20.7 Å². The molecule has 0 aromatic rings. The lowest BCUT2D eigenvalue weighted by atomic mass is 10.1. The molecule has 0 aromatic carbocycles. The first-order valence-corrected chi connectivity index (χ1v) is 9.25. The second-order valence-corrected chi connectivity index (χ2v) is 6.81. The van der Waals surface area contributed by atoms with Gasteiger partial charge in [-0.3, -0.25) is 0 Å². The molecule has 0 saturated carbocycles. The first-order valence-electron chi connectivity index (χ1n) is 6.76. The van der Waals surface area contributed by atoms with Crippen LogP contribution in [0.25, 0.3) is 0 Å². The van der Waals surface area contributed by atoms with Gasteiger partial charge in [0.25, 0.3) is 0 Å². The molecule has 1 heterocycles. The van der Waals surface area contributed by atoms with Crippen molar-refractivity contribution in [3.8, 4) is 0 Å². The summed E-state index contributed by atoms with van der Waals surface area (Å²) in [6.45, 7) is 6.70. The molecule has 1 aliphatic rings. The summed E-state index contributed by atoms with van der Waals surface area (Å²) in [6, 6.07) is 0. The molecule has 0 amide bonds. The van der Waals surface area contributed by atoms with E-state index in [2.05, 4.69) is 13.8 Å². The Morgan fingerprint density at radius 3 is 2.55 bits per heavy atom. The Balaban J connectivity index is 2.65. The molecule has 112 valence electrons. The van der Waals surface area contributed by atoms with Crippen LogP contribution in [0.2, 0.25) is 0 Å². The Kier molecular flexibility index (Phi) is 7.72. The molecule has 4 nitrogen and oxygen atoms in total. The highest BCUT2D eigenvalue weighted by Crippen LogP contribution is 2.19. The fraction of sp³-hybridized carbons (Fsp3) is 0.533. The fourth-order valence-electron chi connectivity index (χ4n) is 1.62. The zero-order chi connectivity index (χ0) is 15.0. The minimum absolute atomic E-state index is 0.294. The summed E-state index contributed by atoms with van der Waals surface area (Å²) < 4.78 is 13.9. The lowest BCUT2D eigenvalue weighted by Crippen LogP contribution is -2.17. The van der Waals surface area contributed by atoms with Gasteiger partial charge in [0.2, 0.25) is 0 Å². The van der Waals surface area contributed by atoms with Gasteiger partial charge in [0.1, 0.15) is 0 Å². The zero-order valence-electron chi connectivity index (χ0n) is 12.1. The molecule has 0 radical (unpaired) electrons. The molecular weight excluding hydrogens is 371 g/mol. The summed E-state index contributed by atoms with van der Waals surface area (Å²) in [5.41, 5.74) is 0.676. The number of hydrogen-bond acceptors (Lipinski definition) is 4. The third-order valence-corrected chi connectivity index (χ3v) is 4.40. The maximum absolute atomic E-state index is 12.0. The van der Waals surface area contributed by atoms with Crippen molar-refractivity contribution < 1.29 is 19.1 Å². The van der Waals surface area contributed by atoms with Gasteiger partial charge in [-0.25, -0.2) is 9.59 Å². The number of hydrogen-bond donors (Lipinski definition) is 0. The number of carbonyl (C=O) groups excluding carboxylic acids is 2. The van der Waals surface area contributed by atoms with Gasteiger partial charge < -0.3 is 9.47 Å². The lowest BCUT2D eigenvalue weighted by Gasteiger charge is -2.11. The smallest absolute Gasteiger partial charge is 0.339 e. The summed E-state index contributed by atoms with van der Waals surface area (Å²) in [5.74, 6) is -0.281. The monoisotopic (exact) mass is 392 g/mol. The number of carbonyl (C=O) groups is 2. The summed E-state index contributed by atoms with van der Waals surface area (Å²) >= 11 is -0.324. The summed E-state index contributed by atoms with van der Waals surface area (Å²) in [4.78, 5) is 23.8. The molecule has 0 aliphatic carbocycles. The van der Waals surface area contributed by atoms with Gasteiger partial charge in [-0.15, -0.1) is 0 Å². The summed E-state index contributed by atoms with van der Waals surface area (Å²) in [7, 11) is 0. The highest BCUT2D eigenvalue weighted by Gasteiger charge is 2.21. The van der Waals surface area contributed by atoms with E-state index in [0.717, 1.165) is 12.8 Å². The van der Waals surface area contributed by atoms with Crippen LogP contribution in [0, 0.1) is 5.92 Å². The van der Waals surface area contributed by atoms with E-state index in [1.807, 2.05) is 8.09 Å². The Labute approximate surface area is 130 Å². The lowest BCUT2D eigenvalue weighted by molar-refractivity contribution is -0.141.